The average molecular weight is 403 g/mol. The predicted octanol–water partition coefficient (Wildman–Crippen LogP) is 4.63. The summed E-state index contributed by atoms with van der Waals surface area (Å²) >= 11 is 0. The summed E-state index contributed by atoms with van der Waals surface area (Å²) in [6, 6.07) is 20.3. The van der Waals surface area contributed by atoms with Gasteiger partial charge in [-0.3, -0.25) is 4.98 Å². The summed E-state index contributed by atoms with van der Waals surface area (Å²) in [7, 11) is 0. The van der Waals surface area contributed by atoms with Crippen molar-refractivity contribution in [2.75, 3.05) is 13.1 Å². The molecule has 156 valence electrons. The summed E-state index contributed by atoms with van der Waals surface area (Å²) in [6.07, 6.45) is 3.46. The maximum atomic E-state index is 12.1. The monoisotopic (exact) mass is 402 g/mol. The van der Waals surface area contributed by atoms with Gasteiger partial charge in [-0.2, -0.15) is 0 Å². The molecule has 1 aromatic heterocycles. The highest BCUT2D eigenvalue weighted by Gasteiger charge is 2.53. The molecule has 0 amide bonds. The average Bonchev–Trinajstić information content (AvgIpc) is 2.76. The lowest BCUT2D eigenvalue weighted by Crippen LogP contribution is -2.63. The van der Waals surface area contributed by atoms with Gasteiger partial charge in [0.2, 0.25) is 0 Å². The molecular formula is C26H30N2O2. The van der Waals surface area contributed by atoms with Crippen molar-refractivity contribution in [3.05, 3.63) is 95.3 Å². The van der Waals surface area contributed by atoms with Crippen LogP contribution in [0.4, 0.5) is 0 Å². The number of ether oxygens (including phenoxy) is 1. The standard InChI is InChI=1S/C26H30N2O2/c1-19(2)21-9-11-22(12-10-21)26(29,25(3)17-28-18-25)23-13-24(15-27-14-23)30-16-20-7-5-4-6-8-20/h4-15,19,28-29H,16-18H2,1-3H3/t26-/m0/s1. The highest BCUT2D eigenvalue weighted by molar-refractivity contribution is 5.42. The molecule has 3 aromatic rings. The van der Waals surface area contributed by atoms with Crippen molar-refractivity contribution in [3.8, 4) is 5.75 Å². The normalized spacial score (nSPS) is 17.2. The Morgan fingerprint density at radius 2 is 1.73 bits per heavy atom. The Labute approximate surface area is 179 Å². The van der Waals surface area contributed by atoms with Gasteiger partial charge in [0.05, 0.1) is 6.20 Å². The van der Waals surface area contributed by atoms with Crippen LogP contribution in [0.2, 0.25) is 0 Å². The highest BCUT2D eigenvalue weighted by atomic mass is 16.5. The van der Waals surface area contributed by atoms with E-state index in [2.05, 4.69) is 55.3 Å². The van der Waals surface area contributed by atoms with Crippen molar-refractivity contribution >= 4 is 0 Å². The zero-order valence-electron chi connectivity index (χ0n) is 17.9. The fourth-order valence-electron chi connectivity index (χ4n) is 4.17. The number of aliphatic hydroxyl groups is 1. The lowest BCUT2D eigenvalue weighted by molar-refractivity contribution is -0.0770. The fraction of sp³-hybridized carbons (Fsp3) is 0.346. The topological polar surface area (TPSA) is 54.4 Å². The van der Waals surface area contributed by atoms with Gasteiger partial charge in [0.15, 0.2) is 0 Å². The van der Waals surface area contributed by atoms with E-state index in [9.17, 15) is 5.11 Å². The largest absolute Gasteiger partial charge is 0.487 e. The van der Waals surface area contributed by atoms with E-state index < -0.39 is 5.60 Å². The third-order valence-corrected chi connectivity index (χ3v) is 6.28. The Morgan fingerprint density at radius 1 is 1.03 bits per heavy atom. The predicted molar refractivity (Wildman–Crippen MR) is 120 cm³/mol. The number of benzene rings is 2. The van der Waals surface area contributed by atoms with E-state index in [0.717, 1.165) is 29.8 Å². The molecule has 1 saturated heterocycles. The summed E-state index contributed by atoms with van der Waals surface area (Å²) in [6.45, 7) is 8.42. The molecule has 1 aliphatic rings. The minimum Gasteiger partial charge on any atom is -0.487 e. The van der Waals surface area contributed by atoms with Gasteiger partial charge >= 0.3 is 0 Å². The van der Waals surface area contributed by atoms with E-state index in [0.29, 0.717) is 18.3 Å². The first-order chi connectivity index (χ1) is 14.4. The van der Waals surface area contributed by atoms with Crippen molar-refractivity contribution < 1.29 is 9.84 Å². The molecule has 4 nitrogen and oxygen atoms in total. The van der Waals surface area contributed by atoms with Gasteiger partial charge in [0.1, 0.15) is 18.0 Å². The molecule has 1 atom stereocenters. The Balaban J connectivity index is 1.68. The molecule has 2 N–H and O–H groups in total. The van der Waals surface area contributed by atoms with Crippen molar-refractivity contribution in [2.24, 2.45) is 5.41 Å². The molecule has 0 unspecified atom stereocenters. The second kappa shape index (κ2) is 8.21. The van der Waals surface area contributed by atoms with Crippen LogP contribution in [-0.4, -0.2) is 23.2 Å². The zero-order chi connectivity index (χ0) is 21.2. The Morgan fingerprint density at radius 3 is 2.33 bits per heavy atom. The zero-order valence-corrected chi connectivity index (χ0v) is 17.9. The van der Waals surface area contributed by atoms with Crippen LogP contribution in [0.15, 0.2) is 73.1 Å². The molecular weight excluding hydrogens is 372 g/mol. The number of aromatic nitrogens is 1. The molecule has 0 saturated carbocycles. The molecule has 2 heterocycles. The van der Waals surface area contributed by atoms with Crippen molar-refractivity contribution in [2.45, 2.75) is 38.9 Å². The summed E-state index contributed by atoms with van der Waals surface area (Å²) < 4.78 is 5.99. The first-order valence-corrected chi connectivity index (χ1v) is 10.6. The van der Waals surface area contributed by atoms with E-state index in [-0.39, 0.29) is 5.41 Å². The minimum absolute atomic E-state index is 0.327. The first-order valence-electron chi connectivity index (χ1n) is 10.6. The third-order valence-electron chi connectivity index (χ3n) is 6.28. The van der Waals surface area contributed by atoms with Gasteiger partial charge in [-0.1, -0.05) is 75.4 Å². The quantitative estimate of drug-likeness (QED) is 0.605. The van der Waals surface area contributed by atoms with Crippen LogP contribution in [0, 0.1) is 5.41 Å². The van der Waals surface area contributed by atoms with E-state index in [4.69, 9.17) is 4.74 Å². The van der Waals surface area contributed by atoms with Gasteiger partial charge in [-0.05, 0) is 28.7 Å². The molecule has 0 radical (unpaired) electrons. The van der Waals surface area contributed by atoms with Crippen LogP contribution in [0.5, 0.6) is 5.75 Å². The number of nitrogens with zero attached hydrogens (tertiary/aromatic N) is 1. The molecule has 2 aromatic carbocycles. The molecule has 4 heteroatoms. The molecule has 4 rings (SSSR count). The van der Waals surface area contributed by atoms with Crippen molar-refractivity contribution in [1.82, 2.24) is 10.3 Å². The van der Waals surface area contributed by atoms with E-state index in [1.807, 2.05) is 36.4 Å². The number of nitrogens with one attached hydrogen (secondary N) is 1. The third kappa shape index (κ3) is 3.73. The molecule has 0 aliphatic carbocycles. The van der Waals surface area contributed by atoms with Gasteiger partial charge in [0.25, 0.3) is 0 Å². The summed E-state index contributed by atoms with van der Waals surface area (Å²) in [4.78, 5) is 4.40. The van der Waals surface area contributed by atoms with Crippen LogP contribution in [0.1, 0.15) is 48.9 Å². The Kier molecular flexibility index (Phi) is 5.63. The van der Waals surface area contributed by atoms with Crippen molar-refractivity contribution in [3.63, 3.8) is 0 Å². The van der Waals surface area contributed by atoms with Gasteiger partial charge < -0.3 is 15.2 Å². The van der Waals surface area contributed by atoms with Crippen LogP contribution >= 0.6 is 0 Å². The van der Waals surface area contributed by atoms with Crippen LogP contribution in [-0.2, 0) is 12.2 Å². The fourth-order valence-corrected chi connectivity index (χ4v) is 4.17. The molecule has 1 aliphatic heterocycles. The van der Waals surface area contributed by atoms with E-state index in [1.165, 1.54) is 5.56 Å². The summed E-state index contributed by atoms with van der Waals surface area (Å²) in [5, 5.41) is 15.5. The lowest BCUT2D eigenvalue weighted by atomic mass is 9.63. The number of hydrogen-bond acceptors (Lipinski definition) is 4. The van der Waals surface area contributed by atoms with Crippen LogP contribution < -0.4 is 10.1 Å². The highest BCUT2D eigenvalue weighted by Crippen LogP contribution is 2.48. The number of hydrogen-bond donors (Lipinski definition) is 2. The Hall–Kier alpha value is -2.69. The van der Waals surface area contributed by atoms with E-state index in [1.54, 1.807) is 12.4 Å². The maximum Gasteiger partial charge on any atom is 0.138 e. The molecule has 30 heavy (non-hydrogen) atoms. The van der Waals surface area contributed by atoms with Crippen LogP contribution in [0.3, 0.4) is 0 Å². The first kappa shape index (κ1) is 20.6. The second-order valence-electron chi connectivity index (χ2n) is 8.83. The summed E-state index contributed by atoms with van der Waals surface area (Å²) in [5.41, 5.74) is 2.51. The maximum absolute atomic E-state index is 12.1. The smallest absolute Gasteiger partial charge is 0.138 e. The summed E-state index contributed by atoms with van der Waals surface area (Å²) in [5.74, 6) is 1.11. The Bertz CT molecular complexity index is 981. The van der Waals surface area contributed by atoms with E-state index >= 15 is 0 Å². The molecule has 0 spiro atoms. The minimum atomic E-state index is -1.16. The number of pyridine rings is 1. The lowest BCUT2D eigenvalue weighted by Gasteiger charge is -2.52. The molecule has 1 fully saturated rings. The molecule has 0 bridgehead atoms. The second-order valence-corrected chi connectivity index (χ2v) is 8.83. The number of rotatable bonds is 7. The SMILES string of the molecule is CC(C)c1ccc([C@](O)(c2cncc(OCc3ccccc3)c2)C2(C)CNC2)cc1. The van der Waals surface area contributed by atoms with Crippen LogP contribution in [0.25, 0.3) is 0 Å². The van der Waals surface area contributed by atoms with Crippen molar-refractivity contribution in [1.29, 1.82) is 0 Å². The van der Waals surface area contributed by atoms with Gasteiger partial charge in [-0.25, -0.2) is 0 Å². The van der Waals surface area contributed by atoms with Gasteiger partial charge in [-0.15, -0.1) is 0 Å². The van der Waals surface area contributed by atoms with Gasteiger partial charge in [0, 0.05) is 30.3 Å².